The predicted octanol–water partition coefficient (Wildman–Crippen LogP) is 3.49. The van der Waals surface area contributed by atoms with Gasteiger partial charge in [0.25, 0.3) is 0 Å². The SMILES string of the molecule is COC1CCN(C(=O)Cc2ccc(F)cc2)c2ccccc21. The molecule has 0 saturated carbocycles. The van der Waals surface area contributed by atoms with E-state index in [1.54, 1.807) is 24.1 Å². The second-order valence-electron chi connectivity index (χ2n) is 5.42. The summed E-state index contributed by atoms with van der Waals surface area (Å²) in [5, 5.41) is 0. The van der Waals surface area contributed by atoms with Crippen LogP contribution >= 0.6 is 0 Å². The Balaban J connectivity index is 1.82. The van der Waals surface area contributed by atoms with Crippen LogP contribution < -0.4 is 4.90 Å². The summed E-state index contributed by atoms with van der Waals surface area (Å²) < 4.78 is 18.4. The Morgan fingerprint density at radius 3 is 2.68 bits per heavy atom. The molecule has 0 aliphatic carbocycles. The number of hydrogen-bond donors (Lipinski definition) is 0. The average Bonchev–Trinajstić information content (AvgIpc) is 2.56. The molecule has 3 nitrogen and oxygen atoms in total. The van der Waals surface area contributed by atoms with E-state index in [9.17, 15) is 9.18 Å². The van der Waals surface area contributed by atoms with Gasteiger partial charge in [0, 0.05) is 24.9 Å². The van der Waals surface area contributed by atoms with Crippen LogP contribution in [-0.4, -0.2) is 19.6 Å². The maximum atomic E-state index is 12.9. The molecule has 0 fully saturated rings. The highest BCUT2D eigenvalue weighted by Crippen LogP contribution is 2.35. The van der Waals surface area contributed by atoms with Gasteiger partial charge < -0.3 is 9.64 Å². The molecule has 1 unspecified atom stereocenters. The van der Waals surface area contributed by atoms with Crippen LogP contribution in [0, 0.1) is 5.82 Å². The second kappa shape index (κ2) is 6.28. The lowest BCUT2D eigenvalue weighted by molar-refractivity contribution is -0.118. The van der Waals surface area contributed by atoms with E-state index in [4.69, 9.17) is 4.74 Å². The lowest BCUT2D eigenvalue weighted by Crippen LogP contribution is -2.38. The van der Waals surface area contributed by atoms with Gasteiger partial charge in [-0.25, -0.2) is 4.39 Å². The molecule has 2 aromatic rings. The normalized spacial score (nSPS) is 17.2. The molecule has 0 bridgehead atoms. The first kappa shape index (κ1) is 14.7. The van der Waals surface area contributed by atoms with Crippen LogP contribution in [0.3, 0.4) is 0 Å². The van der Waals surface area contributed by atoms with Crippen molar-refractivity contribution in [2.75, 3.05) is 18.6 Å². The van der Waals surface area contributed by atoms with E-state index in [0.29, 0.717) is 6.54 Å². The highest BCUT2D eigenvalue weighted by molar-refractivity contribution is 5.96. The van der Waals surface area contributed by atoms with Crippen LogP contribution in [0.2, 0.25) is 0 Å². The van der Waals surface area contributed by atoms with Crippen LogP contribution in [0.25, 0.3) is 0 Å². The Kier molecular flexibility index (Phi) is 4.20. The van der Waals surface area contributed by atoms with Crippen LogP contribution in [0.1, 0.15) is 23.7 Å². The lowest BCUT2D eigenvalue weighted by atomic mass is 9.98. The molecule has 2 aromatic carbocycles. The highest BCUT2D eigenvalue weighted by atomic mass is 19.1. The third kappa shape index (κ3) is 2.88. The molecule has 1 atom stereocenters. The third-order valence-electron chi connectivity index (χ3n) is 4.04. The van der Waals surface area contributed by atoms with E-state index in [1.807, 2.05) is 24.3 Å². The molecule has 1 heterocycles. The summed E-state index contributed by atoms with van der Waals surface area (Å²) in [6.07, 6.45) is 1.08. The summed E-state index contributed by atoms with van der Waals surface area (Å²) in [7, 11) is 1.69. The van der Waals surface area contributed by atoms with Crippen molar-refractivity contribution in [3.63, 3.8) is 0 Å². The zero-order valence-corrected chi connectivity index (χ0v) is 12.5. The highest BCUT2D eigenvalue weighted by Gasteiger charge is 2.28. The fourth-order valence-electron chi connectivity index (χ4n) is 2.90. The van der Waals surface area contributed by atoms with E-state index < -0.39 is 0 Å². The quantitative estimate of drug-likeness (QED) is 0.868. The van der Waals surface area contributed by atoms with Gasteiger partial charge in [0.2, 0.25) is 5.91 Å². The van der Waals surface area contributed by atoms with Gasteiger partial charge in [-0.1, -0.05) is 30.3 Å². The van der Waals surface area contributed by atoms with Gasteiger partial charge in [-0.3, -0.25) is 4.79 Å². The number of carbonyl (C=O) groups excluding carboxylic acids is 1. The van der Waals surface area contributed by atoms with E-state index in [2.05, 4.69) is 0 Å². The Bertz CT molecular complexity index is 669. The molecule has 4 heteroatoms. The molecule has 0 N–H and O–H groups in total. The molecule has 114 valence electrons. The molecule has 0 saturated heterocycles. The van der Waals surface area contributed by atoms with E-state index in [0.717, 1.165) is 23.2 Å². The standard InChI is InChI=1S/C18H18FNO2/c1-22-17-10-11-20(16-5-3-2-4-15(16)17)18(21)12-13-6-8-14(19)9-7-13/h2-9,17H,10-12H2,1H3. The number of nitrogens with zero attached hydrogens (tertiary/aromatic N) is 1. The van der Waals surface area contributed by atoms with Crippen molar-refractivity contribution in [3.8, 4) is 0 Å². The molecule has 0 aromatic heterocycles. The summed E-state index contributed by atoms with van der Waals surface area (Å²) in [5.74, 6) is -0.268. The average molecular weight is 299 g/mol. The molecule has 0 spiro atoms. The summed E-state index contributed by atoms with van der Waals surface area (Å²) in [6, 6.07) is 13.9. The minimum atomic E-state index is -0.289. The number of fused-ring (bicyclic) bond motifs is 1. The van der Waals surface area contributed by atoms with Gasteiger partial charge in [-0.15, -0.1) is 0 Å². The van der Waals surface area contributed by atoms with Gasteiger partial charge in [-0.2, -0.15) is 0 Å². The maximum absolute atomic E-state index is 12.9. The summed E-state index contributed by atoms with van der Waals surface area (Å²) in [5.41, 5.74) is 2.77. The maximum Gasteiger partial charge on any atom is 0.231 e. The van der Waals surface area contributed by atoms with Crippen LogP contribution in [-0.2, 0) is 16.0 Å². The van der Waals surface area contributed by atoms with Crippen molar-refractivity contribution in [2.45, 2.75) is 18.9 Å². The Morgan fingerprint density at radius 2 is 1.95 bits per heavy atom. The number of para-hydroxylation sites is 1. The molecular formula is C18H18FNO2. The van der Waals surface area contributed by atoms with Gasteiger partial charge in [0.15, 0.2) is 0 Å². The van der Waals surface area contributed by atoms with E-state index in [-0.39, 0.29) is 24.2 Å². The van der Waals surface area contributed by atoms with E-state index in [1.165, 1.54) is 12.1 Å². The largest absolute Gasteiger partial charge is 0.377 e. The van der Waals surface area contributed by atoms with Crippen LogP contribution in [0.5, 0.6) is 0 Å². The number of amides is 1. The predicted molar refractivity (Wildman–Crippen MR) is 83.3 cm³/mol. The molecule has 1 aliphatic heterocycles. The number of methoxy groups -OCH3 is 1. The molecule has 0 radical (unpaired) electrons. The number of halogens is 1. The van der Waals surface area contributed by atoms with Gasteiger partial charge in [0.1, 0.15) is 5.82 Å². The topological polar surface area (TPSA) is 29.5 Å². The first-order valence-electron chi connectivity index (χ1n) is 7.35. The molecular weight excluding hydrogens is 281 g/mol. The molecule has 1 amide bonds. The van der Waals surface area contributed by atoms with Gasteiger partial charge in [0.05, 0.1) is 12.5 Å². The van der Waals surface area contributed by atoms with Crippen molar-refractivity contribution in [3.05, 3.63) is 65.5 Å². The number of carbonyl (C=O) groups is 1. The minimum Gasteiger partial charge on any atom is -0.377 e. The number of benzene rings is 2. The Morgan fingerprint density at radius 1 is 1.23 bits per heavy atom. The fourth-order valence-corrected chi connectivity index (χ4v) is 2.90. The monoisotopic (exact) mass is 299 g/mol. The van der Waals surface area contributed by atoms with Crippen molar-refractivity contribution >= 4 is 11.6 Å². The van der Waals surface area contributed by atoms with Crippen molar-refractivity contribution < 1.29 is 13.9 Å². The van der Waals surface area contributed by atoms with Crippen LogP contribution in [0.15, 0.2) is 48.5 Å². The number of rotatable bonds is 3. The summed E-state index contributed by atoms with van der Waals surface area (Å²) in [6.45, 7) is 0.634. The smallest absolute Gasteiger partial charge is 0.231 e. The fraction of sp³-hybridized carbons (Fsp3) is 0.278. The molecule has 3 rings (SSSR count). The van der Waals surface area contributed by atoms with Crippen molar-refractivity contribution in [1.82, 2.24) is 0 Å². The summed E-state index contributed by atoms with van der Waals surface area (Å²) >= 11 is 0. The summed E-state index contributed by atoms with van der Waals surface area (Å²) in [4.78, 5) is 14.4. The number of hydrogen-bond acceptors (Lipinski definition) is 2. The Labute approximate surface area is 129 Å². The minimum absolute atomic E-state index is 0.0219. The van der Waals surface area contributed by atoms with Crippen molar-refractivity contribution in [2.24, 2.45) is 0 Å². The second-order valence-corrected chi connectivity index (χ2v) is 5.42. The first-order chi connectivity index (χ1) is 10.7. The zero-order chi connectivity index (χ0) is 15.5. The van der Waals surface area contributed by atoms with Crippen molar-refractivity contribution in [1.29, 1.82) is 0 Å². The van der Waals surface area contributed by atoms with E-state index >= 15 is 0 Å². The lowest BCUT2D eigenvalue weighted by Gasteiger charge is -2.33. The van der Waals surface area contributed by atoms with Gasteiger partial charge >= 0.3 is 0 Å². The number of ether oxygens (including phenoxy) is 1. The number of anilines is 1. The zero-order valence-electron chi connectivity index (χ0n) is 12.5. The molecule has 22 heavy (non-hydrogen) atoms. The first-order valence-corrected chi connectivity index (χ1v) is 7.35. The third-order valence-corrected chi connectivity index (χ3v) is 4.04. The van der Waals surface area contributed by atoms with Crippen LogP contribution in [0.4, 0.5) is 10.1 Å². The van der Waals surface area contributed by atoms with Gasteiger partial charge in [-0.05, 0) is 30.2 Å². The Hall–Kier alpha value is -2.20. The molecule has 1 aliphatic rings.